The molecule has 0 saturated heterocycles. The molecule has 15 heavy (non-hydrogen) atoms. The van der Waals surface area contributed by atoms with E-state index in [4.69, 9.17) is 5.73 Å². The average molecular weight is 225 g/mol. The summed E-state index contributed by atoms with van der Waals surface area (Å²) in [5, 5.41) is 0. The molecule has 0 aliphatic heterocycles. The van der Waals surface area contributed by atoms with Crippen molar-refractivity contribution in [3.63, 3.8) is 0 Å². The molecule has 0 amide bonds. The van der Waals surface area contributed by atoms with Gasteiger partial charge in [-0.15, -0.1) is 0 Å². The van der Waals surface area contributed by atoms with Gasteiger partial charge < -0.3 is 5.73 Å². The first kappa shape index (κ1) is 11.9. The third-order valence-electron chi connectivity index (χ3n) is 1.89. The highest BCUT2D eigenvalue weighted by Gasteiger charge is 2.34. The highest BCUT2D eigenvalue weighted by atomic mass is 19.4. The lowest BCUT2D eigenvalue weighted by Crippen LogP contribution is -2.15. The standard InChI is InChI=1S/C9H8F5N/c10-4-8(15)5-1-2-7(11)6(3-5)9(12,13)14/h1-3,8H,4,15H2/t8-/m1/s1. The predicted molar refractivity (Wildman–Crippen MR) is 44.3 cm³/mol. The number of alkyl halides is 4. The maximum absolute atomic E-state index is 12.8. The maximum Gasteiger partial charge on any atom is 0.419 e. The lowest BCUT2D eigenvalue weighted by atomic mass is 10.0. The Balaban J connectivity index is 3.17. The van der Waals surface area contributed by atoms with Crippen LogP contribution in [0.25, 0.3) is 0 Å². The molecule has 0 aromatic heterocycles. The molecule has 1 atom stereocenters. The first-order chi connectivity index (χ1) is 6.86. The van der Waals surface area contributed by atoms with Crippen molar-refractivity contribution >= 4 is 0 Å². The fraction of sp³-hybridized carbons (Fsp3) is 0.333. The van der Waals surface area contributed by atoms with Gasteiger partial charge in [0.1, 0.15) is 12.5 Å². The molecule has 0 aliphatic carbocycles. The van der Waals surface area contributed by atoms with E-state index in [1.807, 2.05) is 0 Å². The lowest BCUT2D eigenvalue weighted by molar-refractivity contribution is -0.140. The molecule has 0 heterocycles. The van der Waals surface area contributed by atoms with Gasteiger partial charge >= 0.3 is 6.18 Å². The van der Waals surface area contributed by atoms with E-state index in [2.05, 4.69) is 0 Å². The van der Waals surface area contributed by atoms with Crippen molar-refractivity contribution in [1.82, 2.24) is 0 Å². The first-order valence-electron chi connectivity index (χ1n) is 4.04. The molecule has 1 aromatic carbocycles. The summed E-state index contributed by atoms with van der Waals surface area (Å²) in [6.45, 7) is -0.997. The molecule has 0 unspecified atom stereocenters. The molecule has 0 saturated carbocycles. The Kier molecular flexibility index (Phi) is 3.28. The Morgan fingerprint density at radius 3 is 2.33 bits per heavy atom. The number of halogens is 5. The second kappa shape index (κ2) is 4.14. The molecule has 0 radical (unpaired) electrons. The minimum absolute atomic E-state index is 0.0776. The zero-order chi connectivity index (χ0) is 11.6. The van der Waals surface area contributed by atoms with Crippen LogP contribution in [-0.2, 0) is 6.18 Å². The SMILES string of the molecule is N[C@H](CF)c1ccc(F)c(C(F)(F)F)c1. The predicted octanol–water partition coefficient (Wildman–Crippen LogP) is 2.81. The third kappa shape index (κ3) is 2.65. The number of hydrogen-bond donors (Lipinski definition) is 1. The fourth-order valence-corrected chi connectivity index (χ4v) is 1.08. The molecule has 0 aliphatic rings. The lowest BCUT2D eigenvalue weighted by Gasteiger charge is -2.12. The molecule has 0 spiro atoms. The van der Waals surface area contributed by atoms with Crippen LogP contribution >= 0.6 is 0 Å². The van der Waals surface area contributed by atoms with E-state index in [1.54, 1.807) is 0 Å². The summed E-state index contributed by atoms with van der Waals surface area (Å²) in [5.74, 6) is -1.39. The molecule has 6 heteroatoms. The van der Waals surface area contributed by atoms with Gasteiger partial charge in [-0.2, -0.15) is 13.2 Å². The van der Waals surface area contributed by atoms with Crippen LogP contribution in [0.15, 0.2) is 18.2 Å². The Morgan fingerprint density at radius 1 is 1.27 bits per heavy atom. The van der Waals surface area contributed by atoms with E-state index in [0.29, 0.717) is 12.1 Å². The van der Waals surface area contributed by atoms with Crippen LogP contribution in [-0.4, -0.2) is 6.67 Å². The van der Waals surface area contributed by atoms with Crippen molar-refractivity contribution in [3.8, 4) is 0 Å². The number of benzene rings is 1. The number of hydrogen-bond acceptors (Lipinski definition) is 1. The van der Waals surface area contributed by atoms with E-state index in [9.17, 15) is 22.0 Å². The van der Waals surface area contributed by atoms with E-state index < -0.39 is 30.3 Å². The second-order valence-corrected chi connectivity index (χ2v) is 3.00. The summed E-state index contributed by atoms with van der Waals surface area (Å²) >= 11 is 0. The monoisotopic (exact) mass is 225 g/mol. The van der Waals surface area contributed by atoms with Crippen LogP contribution in [0.4, 0.5) is 22.0 Å². The van der Waals surface area contributed by atoms with Crippen LogP contribution < -0.4 is 5.73 Å². The van der Waals surface area contributed by atoms with Gasteiger partial charge in [-0.05, 0) is 17.7 Å². The summed E-state index contributed by atoms with van der Waals surface area (Å²) in [6, 6.07) is 1.04. The van der Waals surface area contributed by atoms with Gasteiger partial charge in [0.05, 0.1) is 11.6 Å². The van der Waals surface area contributed by atoms with Gasteiger partial charge in [0, 0.05) is 0 Å². The topological polar surface area (TPSA) is 26.0 Å². The van der Waals surface area contributed by atoms with Gasteiger partial charge in [-0.1, -0.05) is 6.07 Å². The Labute approximate surface area is 82.7 Å². The van der Waals surface area contributed by atoms with E-state index >= 15 is 0 Å². The number of nitrogens with two attached hydrogens (primary N) is 1. The zero-order valence-corrected chi connectivity index (χ0v) is 7.48. The zero-order valence-electron chi connectivity index (χ0n) is 7.48. The smallest absolute Gasteiger partial charge is 0.322 e. The van der Waals surface area contributed by atoms with Crippen LogP contribution in [0.3, 0.4) is 0 Å². The Hall–Kier alpha value is -1.17. The molecular formula is C9H8F5N. The molecule has 1 nitrogen and oxygen atoms in total. The minimum atomic E-state index is -4.80. The summed E-state index contributed by atoms with van der Waals surface area (Å²) in [4.78, 5) is 0. The molecule has 84 valence electrons. The van der Waals surface area contributed by atoms with Crippen molar-refractivity contribution in [2.45, 2.75) is 12.2 Å². The largest absolute Gasteiger partial charge is 0.419 e. The fourth-order valence-electron chi connectivity index (χ4n) is 1.08. The molecular weight excluding hydrogens is 217 g/mol. The highest BCUT2D eigenvalue weighted by Crippen LogP contribution is 2.32. The first-order valence-corrected chi connectivity index (χ1v) is 4.04. The van der Waals surface area contributed by atoms with Crippen molar-refractivity contribution in [2.75, 3.05) is 6.67 Å². The molecule has 2 N–H and O–H groups in total. The van der Waals surface area contributed by atoms with Gasteiger partial charge in [-0.25, -0.2) is 8.78 Å². The maximum atomic E-state index is 12.8. The van der Waals surface area contributed by atoms with Gasteiger partial charge in [0.2, 0.25) is 0 Å². The van der Waals surface area contributed by atoms with Gasteiger partial charge in [-0.3, -0.25) is 0 Å². The van der Waals surface area contributed by atoms with Crippen molar-refractivity contribution in [1.29, 1.82) is 0 Å². The summed E-state index contributed by atoms with van der Waals surface area (Å²) in [5.41, 5.74) is 3.69. The van der Waals surface area contributed by atoms with Crippen LogP contribution in [0.1, 0.15) is 17.2 Å². The quantitative estimate of drug-likeness (QED) is 0.769. The Bertz CT molecular complexity index is 347. The van der Waals surface area contributed by atoms with Gasteiger partial charge in [0.25, 0.3) is 0 Å². The summed E-state index contributed by atoms with van der Waals surface area (Å²) in [7, 11) is 0. The highest BCUT2D eigenvalue weighted by molar-refractivity contribution is 5.29. The second-order valence-electron chi connectivity index (χ2n) is 3.00. The molecule has 0 fully saturated rings. The summed E-state index contributed by atoms with van der Waals surface area (Å²) in [6.07, 6.45) is -4.80. The third-order valence-corrected chi connectivity index (χ3v) is 1.89. The van der Waals surface area contributed by atoms with Gasteiger partial charge in [0.15, 0.2) is 0 Å². The van der Waals surface area contributed by atoms with Crippen LogP contribution in [0, 0.1) is 5.82 Å². The van der Waals surface area contributed by atoms with E-state index in [0.717, 1.165) is 6.07 Å². The van der Waals surface area contributed by atoms with Crippen LogP contribution in [0.2, 0.25) is 0 Å². The normalized spacial score (nSPS) is 14.0. The average Bonchev–Trinajstić information content (AvgIpc) is 2.15. The van der Waals surface area contributed by atoms with E-state index in [1.165, 1.54) is 0 Å². The van der Waals surface area contributed by atoms with E-state index in [-0.39, 0.29) is 5.56 Å². The molecule has 0 bridgehead atoms. The number of rotatable bonds is 2. The Morgan fingerprint density at radius 2 is 1.87 bits per heavy atom. The minimum Gasteiger partial charge on any atom is -0.322 e. The van der Waals surface area contributed by atoms with Crippen molar-refractivity contribution in [3.05, 3.63) is 35.1 Å². The van der Waals surface area contributed by atoms with Crippen molar-refractivity contribution in [2.24, 2.45) is 5.73 Å². The van der Waals surface area contributed by atoms with Crippen molar-refractivity contribution < 1.29 is 22.0 Å². The summed E-state index contributed by atoms with van der Waals surface area (Å²) < 4.78 is 61.5. The molecule has 1 rings (SSSR count). The van der Waals surface area contributed by atoms with Crippen LogP contribution in [0.5, 0.6) is 0 Å². The molecule has 1 aromatic rings.